The van der Waals surface area contributed by atoms with Crippen LogP contribution in [0.4, 0.5) is 4.39 Å². The van der Waals surface area contributed by atoms with E-state index < -0.39 is 5.82 Å². The summed E-state index contributed by atoms with van der Waals surface area (Å²) in [4.78, 5) is 19.3. The standard InChI is InChI=1S/C23H30FN3O5/c1-29-20-6-5-17(14-18(20)24)23(28)27-10-3-2-4-19(27)22-25-21(26-32-22)9-13-31-15-16-7-11-30-12-8-16/h5-6,14,16,19H,2-4,7-13,15H2,1H3. The van der Waals surface area contributed by atoms with Crippen molar-refractivity contribution in [3.05, 3.63) is 41.3 Å². The lowest BCUT2D eigenvalue weighted by Crippen LogP contribution is -2.38. The number of amides is 1. The molecule has 1 amide bonds. The molecule has 1 atom stereocenters. The molecule has 0 bridgehead atoms. The van der Waals surface area contributed by atoms with E-state index in [0.29, 0.717) is 37.2 Å². The molecular formula is C23H30FN3O5. The largest absolute Gasteiger partial charge is 0.494 e. The van der Waals surface area contributed by atoms with Crippen molar-refractivity contribution < 1.29 is 27.9 Å². The van der Waals surface area contributed by atoms with Gasteiger partial charge in [-0.2, -0.15) is 4.98 Å². The van der Waals surface area contributed by atoms with E-state index in [9.17, 15) is 9.18 Å². The van der Waals surface area contributed by atoms with E-state index in [-0.39, 0.29) is 23.3 Å². The maximum absolute atomic E-state index is 14.1. The second-order valence-electron chi connectivity index (χ2n) is 8.29. The predicted octanol–water partition coefficient (Wildman–Crippen LogP) is 3.57. The highest BCUT2D eigenvalue weighted by molar-refractivity contribution is 5.94. The Morgan fingerprint density at radius 2 is 2.09 bits per heavy atom. The Kier molecular flexibility index (Phi) is 7.70. The van der Waals surface area contributed by atoms with E-state index >= 15 is 0 Å². The molecule has 3 heterocycles. The lowest BCUT2D eigenvalue weighted by atomic mass is 10.0. The molecule has 0 radical (unpaired) electrons. The molecule has 174 valence electrons. The van der Waals surface area contributed by atoms with Crippen LogP contribution >= 0.6 is 0 Å². The number of carbonyl (C=O) groups excluding carboxylic acids is 1. The zero-order valence-corrected chi connectivity index (χ0v) is 18.4. The molecular weight excluding hydrogens is 417 g/mol. The number of likely N-dealkylation sites (tertiary alicyclic amines) is 1. The third-order valence-corrected chi connectivity index (χ3v) is 6.10. The smallest absolute Gasteiger partial charge is 0.254 e. The van der Waals surface area contributed by atoms with Crippen LogP contribution in [0.1, 0.15) is 60.2 Å². The quantitative estimate of drug-likeness (QED) is 0.572. The number of rotatable bonds is 8. The SMILES string of the molecule is COc1ccc(C(=O)N2CCCCC2c2nc(CCOCC3CCOCC3)no2)cc1F. The number of carbonyl (C=O) groups is 1. The third-order valence-electron chi connectivity index (χ3n) is 6.10. The number of ether oxygens (including phenoxy) is 3. The Bertz CT molecular complexity index is 900. The van der Waals surface area contributed by atoms with Gasteiger partial charge in [-0.3, -0.25) is 4.79 Å². The number of aromatic nitrogens is 2. The van der Waals surface area contributed by atoms with Crippen LogP contribution in [0.3, 0.4) is 0 Å². The summed E-state index contributed by atoms with van der Waals surface area (Å²) >= 11 is 0. The minimum absolute atomic E-state index is 0.109. The zero-order chi connectivity index (χ0) is 22.3. The van der Waals surface area contributed by atoms with Gasteiger partial charge in [-0.25, -0.2) is 4.39 Å². The van der Waals surface area contributed by atoms with Gasteiger partial charge in [0.1, 0.15) is 6.04 Å². The molecule has 0 saturated carbocycles. The summed E-state index contributed by atoms with van der Waals surface area (Å²) < 4.78 is 35.7. The molecule has 0 spiro atoms. The van der Waals surface area contributed by atoms with Gasteiger partial charge < -0.3 is 23.6 Å². The Morgan fingerprint density at radius 1 is 1.25 bits per heavy atom. The second-order valence-corrected chi connectivity index (χ2v) is 8.29. The van der Waals surface area contributed by atoms with Gasteiger partial charge >= 0.3 is 0 Å². The van der Waals surface area contributed by atoms with Crippen molar-refractivity contribution in [2.75, 3.05) is 40.1 Å². The summed E-state index contributed by atoms with van der Waals surface area (Å²) in [7, 11) is 1.39. The van der Waals surface area contributed by atoms with Gasteiger partial charge in [0, 0.05) is 38.3 Å². The van der Waals surface area contributed by atoms with E-state index in [1.165, 1.54) is 19.2 Å². The molecule has 32 heavy (non-hydrogen) atoms. The van der Waals surface area contributed by atoms with Crippen molar-refractivity contribution in [1.29, 1.82) is 0 Å². The highest BCUT2D eigenvalue weighted by atomic mass is 19.1. The number of halogens is 1. The van der Waals surface area contributed by atoms with Crippen molar-refractivity contribution in [3.63, 3.8) is 0 Å². The van der Waals surface area contributed by atoms with Crippen LogP contribution in [0.15, 0.2) is 22.7 Å². The normalized spacial score (nSPS) is 19.8. The van der Waals surface area contributed by atoms with Crippen molar-refractivity contribution in [1.82, 2.24) is 15.0 Å². The highest BCUT2D eigenvalue weighted by Crippen LogP contribution is 2.32. The summed E-state index contributed by atoms with van der Waals surface area (Å²) in [6.45, 7) is 3.42. The Labute approximate surface area is 187 Å². The summed E-state index contributed by atoms with van der Waals surface area (Å²) in [5.41, 5.74) is 0.274. The maximum Gasteiger partial charge on any atom is 0.254 e. The first-order valence-corrected chi connectivity index (χ1v) is 11.3. The van der Waals surface area contributed by atoms with E-state index in [2.05, 4.69) is 10.1 Å². The van der Waals surface area contributed by atoms with Crippen LogP contribution in [0.25, 0.3) is 0 Å². The van der Waals surface area contributed by atoms with E-state index in [1.54, 1.807) is 11.0 Å². The minimum atomic E-state index is -0.562. The van der Waals surface area contributed by atoms with E-state index in [1.807, 2.05) is 0 Å². The second kappa shape index (κ2) is 10.9. The first kappa shape index (κ1) is 22.7. The van der Waals surface area contributed by atoms with Crippen LogP contribution in [-0.4, -0.2) is 61.0 Å². The van der Waals surface area contributed by atoms with Crippen LogP contribution in [0.5, 0.6) is 5.75 Å². The lowest BCUT2D eigenvalue weighted by molar-refractivity contribution is 0.0211. The van der Waals surface area contributed by atoms with Gasteiger partial charge in [0.25, 0.3) is 5.91 Å². The number of piperidine rings is 1. The monoisotopic (exact) mass is 447 g/mol. The molecule has 8 nitrogen and oxygen atoms in total. The highest BCUT2D eigenvalue weighted by Gasteiger charge is 2.33. The molecule has 0 N–H and O–H groups in total. The van der Waals surface area contributed by atoms with Crippen molar-refractivity contribution in [2.24, 2.45) is 5.92 Å². The summed E-state index contributed by atoms with van der Waals surface area (Å²) in [6.07, 6.45) is 5.19. The molecule has 4 rings (SSSR count). The molecule has 2 aliphatic heterocycles. The van der Waals surface area contributed by atoms with Crippen LogP contribution in [-0.2, 0) is 15.9 Å². The number of nitrogens with zero attached hydrogens (tertiary/aromatic N) is 3. The first-order chi connectivity index (χ1) is 15.7. The molecule has 2 aromatic rings. The predicted molar refractivity (Wildman–Crippen MR) is 113 cm³/mol. The van der Waals surface area contributed by atoms with Gasteiger partial charge in [-0.15, -0.1) is 0 Å². The molecule has 0 aliphatic carbocycles. The molecule has 1 aromatic carbocycles. The summed E-state index contributed by atoms with van der Waals surface area (Å²) in [5.74, 6) is 0.835. The molecule has 2 aliphatic rings. The van der Waals surface area contributed by atoms with E-state index in [0.717, 1.165) is 51.9 Å². The first-order valence-electron chi connectivity index (χ1n) is 11.3. The third kappa shape index (κ3) is 5.45. The number of benzene rings is 1. The number of hydrogen-bond donors (Lipinski definition) is 0. The Morgan fingerprint density at radius 3 is 2.88 bits per heavy atom. The summed E-state index contributed by atoms with van der Waals surface area (Å²) in [6, 6.07) is 3.94. The zero-order valence-electron chi connectivity index (χ0n) is 18.4. The topological polar surface area (TPSA) is 86.9 Å². The number of hydrogen-bond acceptors (Lipinski definition) is 7. The molecule has 9 heteroatoms. The van der Waals surface area contributed by atoms with Gasteiger partial charge in [-0.05, 0) is 56.2 Å². The fourth-order valence-corrected chi connectivity index (χ4v) is 4.23. The average molecular weight is 448 g/mol. The fourth-order valence-electron chi connectivity index (χ4n) is 4.23. The Hall–Kier alpha value is -2.52. The fraction of sp³-hybridized carbons (Fsp3) is 0.609. The van der Waals surface area contributed by atoms with E-state index in [4.69, 9.17) is 18.7 Å². The number of methoxy groups -OCH3 is 1. The van der Waals surface area contributed by atoms with Crippen LogP contribution in [0, 0.1) is 11.7 Å². The molecule has 1 aromatic heterocycles. The van der Waals surface area contributed by atoms with Crippen molar-refractivity contribution >= 4 is 5.91 Å². The van der Waals surface area contributed by atoms with Gasteiger partial charge in [0.05, 0.1) is 13.7 Å². The molecule has 2 saturated heterocycles. The van der Waals surface area contributed by atoms with Crippen LogP contribution < -0.4 is 4.74 Å². The maximum atomic E-state index is 14.1. The van der Waals surface area contributed by atoms with Gasteiger partial charge in [-0.1, -0.05) is 5.16 Å². The molecule has 1 unspecified atom stereocenters. The summed E-state index contributed by atoms with van der Waals surface area (Å²) in [5, 5.41) is 4.08. The van der Waals surface area contributed by atoms with Crippen LogP contribution in [0.2, 0.25) is 0 Å². The Balaban J connectivity index is 1.35. The lowest BCUT2D eigenvalue weighted by Gasteiger charge is -2.33. The van der Waals surface area contributed by atoms with Gasteiger partial charge in [0.2, 0.25) is 5.89 Å². The average Bonchev–Trinajstić information content (AvgIpc) is 3.31. The van der Waals surface area contributed by atoms with Gasteiger partial charge in [0.15, 0.2) is 17.4 Å². The van der Waals surface area contributed by atoms with Crippen molar-refractivity contribution in [2.45, 2.75) is 44.6 Å². The van der Waals surface area contributed by atoms with Crippen molar-refractivity contribution in [3.8, 4) is 5.75 Å². The molecule has 2 fully saturated rings. The minimum Gasteiger partial charge on any atom is -0.494 e.